The highest BCUT2D eigenvalue weighted by molar-refractivity contribution is 7.15. The van der Waals surface area contributed by atoms with Crippen molar-refractivity contribution in [1.29, 1.82) is 0 Å². The van der Waals surface area contributed by atoms with E-state index in [1.165, 1.54) is 12.8 Å². The molecule has 2 aromatic heterocycles. The van der Waals surface area contributed by atoms with Crippen LogP contribution in [0.3, 0.4) is 0 Å². The van der Waals surface area contributed by atoms with Crippen molar-refractivity contribution in [2.24, 2.45) is 0 Å². The summed E-state index contributed by atoms with van der Waals surface area (Å²) in [5.41, 5.74) is 0.996. The molecule has 2 heterocycles. The number of unbranched alkanes of at least 4 members (excludes halogenated alkanes) is 2. The minimum atomic E-state index is -0.240. The fraction of sp³-hybridized carbons (Fsp3) is 0.583. The van der Waals surface area contributed by atoms with E-state index in [1.807, 2.05) is 22.2 Å². The third-order valence-corrected chi connectivity index (χ3v) is 3.50. The number of fused-ring (bicyclic) bond motifs is 1. The number of rotatable bonds is 6. The summed E-state index contributed by atoms with van der Waals surface area (Å²) in [5, 5.41) is 11.9. The quantitative estimate of drug-likeness (QED) is 0.786. The molecule has 0 aliphatic rings. The zero-order valence-electron chi connectivity index (χ0n) is 9.59. The van der Waals surface area contributed by atoms with E-state index in [0.717, 1.165) is 23.5 Å². The van der Waals surface area contributed by atoms with Gasteiger partial charge in [0, 0.05) is 24.2 Å². The molecule has 4 heteroatoms. The summed E-state index contributed by atoms with van der Waals surface area (Å²) < 4.78 is 2.01. The number of aliphatic hydroxyl groups is 1. The molecular weight excluding hydrogens is 220 g/mol. The predicted octanol–water partition coefficient (Wildman–Crippen LogP) is 2.88. The smallest absolute Gasteiger partial charge is 0.193 e. The summed E-state index contributed by atoms with van der Waals surface area (Å²) in [4.78, 5) is 5.47. The molecule has 16 heavy (non-hydrogen) atoms. The number of thiazole rings is 1. The van der Waals surface area contributed by atoms with Crippen LogP contribution in [0, 0.1) is 0 Å². The van der Waals surface area contributed by atoms with Gasteiger partial charge >= 0.3 is 0 Å². The Morgan fingerprint density at radius 2 is 2.38 bits per heavy atom. The van der Waals surface area contributed by atoms with Crippen molar-refractivity contribution < 1.29 is 5.11 Å². The lowest BCUT2D eigenvalue weighted by Gasteiger charge is -2.07. The summed E-state index contributed by atoms with van der Waals surface area (Å²) in [6.45, 7) is 2.18. The van der Waals surface area contributed by atoms with Crippen LogP contribution >= 0.6 is 11.3 Å². The van der Waals surface area contributed by atoms with Crippen LogP contribution in [-0.2, 0) is 6.42 Å². The summed E-state index contributed by atoms with van der Waals surface area (Å²) in [7, 11) is 0. The Balaban J connectivity index is 1.86. The highest BCUT2D eigenvalue weighted by Crippen LogP contribution is 2.14. The molecule has 3 nitrogen and oxygen atoms in total. The van der Waals surface area contributed by atoms with Crippen molar-refractivity contribution in [3.63, 3.8) is 0 Å². The van der Waals surface area contributed by atoms with Crippen LogP contribution in [0.25, 0.3) is 4.96 Å². The lowest BCUT2D eigenvalue weighted by molar-refractivity contribution is 0.160. The van der Waals surface area contributed by atoms with E-state index < -0.39 is 0 Å². The summed E-state index contributed by atoms with van der Waals surface area (Å²) >= 11 is 1.63. The molecule has 0 bridgehead atoms. The average Bonchev–Trinajstić information content (AvgIpc) is 2.78. The molecule has 2 rings (SSSR count). The van der Waals surface area contributed by atoms with Gasteiger partial charge in [-0.15, -0.1) is 11.3 Å². The van der Waals surface area contributed by atoms with E-state index in [-0.39, 0.29) is 6.10 Å². The number of aliphatic hydroxyl groups excluding tert-OH is 1. The Kier molecular flexibility index (Phi) is 3.96. The minimum absolute atomic E-state index is 0.240. The van der Waals surface area contributed by atoms with Crippen molar-refractivity contribution in [3.8, 4) is 0 Å². The van der Waals surface area contributed by atoms with E-state index in [9.17, 15) is 5.11 Å². The van der Waals surface area contributed by atoms with Gasteiger partial charge in [0.1, 0.15) is 0 Å². The first-order chi connectivity index (χ1) is 7.79. The summed E-state index contributed by atoms with van der Waals surface area (Å²) in [5.74, 6) is 0. The van der Waals surface area contributed by atoms with Gasteiger partial charge in [-0.2, -0.15) is 0 Å². The maximum absolute atomic E-state index is 9.85. The average molecular weight is 238 g/mol. The second-order valence-corrected chi connectivity index (χ2v) is 5.05. The highest BCUT2D eigenvalue weighted by atomic mass is 32.1. The SMILES string of the molecule is CCCCCC(O)Cc1cn2ccsc2n1. The minimum Gasteiger partial charge on any atom is -0.393 e. The zero-order chi connectivity index (χ0) is 11.4. The molecule has 0 radical (unpaired) electrons. The predicted molar refractivity (Wildman–Crippen MR) is 66.9 cm³/mol. The molecule has 0 saturated carbocycles. The van der Waals surface area contributed by atoms with Gasteiger partial charge in [0.2, 0.25) is 0 Å². The fourth-order valence-electron chi connectivity index (χ4n) is 1.85. The van der Waals surface area contributed by atoms with Crippen molar-refractivity contribution in [3.05, 3.63) is 23.5 Å². The molecular formula is C12H18N2OS. The lowest BCUT2D eigenvalue weighted by Crippen LogP contribution is -2.10. The maximum atomic E-state index is 9.85. The normalized spacial score (nSPS) is 13.4. The first-order valence-electron chi connectivity index (χ1n) is 5.88. The Hall–Kier alpha value is -0.870. The largest absolute Gasteiger partial charge is 0.393 e. The van der Waals surface area contributed by atoms with E-state index in [0.29, 0.717) is 6.42 Å². The maximum Gasteiger partial charge on any atom is 0.193 e. The molecule has 88 valence electrons. The number of hydrogen-bond donors (Lipinski definition) is 1. The second-order valence-electron chi connectivity index (χ2n) is 4.18. The number of imidazole rings is 1. The van der Waals surface area contributed by atoms with Crippen LogP contribution in [0.15, 0.2) is 17.8 Å². The molecule has 1 unspecified atom stereocenters. The molecule has 1 N–H and O–H groups in total. The number of aromatic nitrogens is 2. The molecule has 1 atom stereocenters. The van der Waals surface area contributed by atoms with Gasteiger partial charge in [-0.3, -0.25) is 4.40 Å². The summed E-state index contributed by atoms with van der Waals surface area (Å²) in [6, 6.07) is 0. The van der Waals surface area contributed by atoms with Gasteiger partial charge in [-0.25, -0.2) is 4.98 Å². The van der Waals surface area contributed by atoms with Crippen LogP contribution in [0.2, 0.25) is 0 Å². The number of nitrogens with zero attached hydrogens (tertiary/aromatic N) is 2. The van der Waals surface area contributed by atoms with E-state index in [4.69, 9.17) is 0 Å². The molecule has 0 saturated heterocycles. The fourth-order valence-corrected chi connectivity index (χ4v) is 2.57. The number of hydrogen-bond acceptors (Lipinski definition) is 3. The second kappa shape index (κ2) is 5.46. The standard InChI is InChI=1S/C12H18N2OS/c1-2-3-4-5-11(15)8-10-9-14-6-7-16-12(14)13-10/h6-7,9,11,15H,2-5,8H2,1H3. The van der Waals surface area contributed by atoms with Crippen LogP contribution in [0.4, 0.5) is 0 Å². The van der Waals surface area contributed by atoms with E-state index in [1.54, 1.807) is 11.3 Å². The highest BCUT2D eigenvalue weighted by Gasteiger charge is 2.09. The van der Waals surface area contributed by atoms with E-state index in [2.05, 4.69) is 11.9 Å². The van der Waals surface area contributed by atoms with Crippen molar-refractivity contribution >= 4 is 16.3 Å². The Labute approximate surface area is 99.8 Å². The molecule has 0 aliphatic heterocycles. The topological polar surface area (TPSA) is 37.5 Å². The summed E-state index contributed by atoms with van der Waals surface area (Å²) in [6.07, 6.45) is 8.85. The lowest BCUT2D eigenvalue weighted by atomic mass is 10.1. The van der Waals surface area contributed by atoms with E-state index >= 15 is 0 Å². The van der Waals surface area contributed by atoms with Crippen molar-refractivity contribution in [2.45, 2.75) is 45.1 Å². The van der Waals surface area contributed by atoms with Crippen LogP contribution in [0.5, 0.6) is 0 Å². The monoisotopic (exact) mass is 238 g/mol. The van der Waals surface area contributed by atoms with Crippen molar-refractivity contribution in [1.82, 2.24) is 9.38 Å². The van der Waals surface area contributed by atoms with Gasteiger partial charge in [-0.1, -0.05) is 26.2 Å². The molecule has 0 aromatic carbocycles. The van der Waals surface area contributed by atoms with Crippen molar-refractivity contribution in [2.75, 3.05) is 0 Å². The first kappa shape index (κ1) is 11.6. The Morgan fingerprint density at radius 1 is 1.50 bits per heavy atom. The Bertz CT molecular complexity index is 406. The Morgan fingerprint density at radius 3 is 3.12 bits per heavy atom. The van der Waals surface area contributed by atoms with Crippen LogP contribution in [-0.4, -0.2) is 20.6 Å². The molecule has 0 aliphatic carbocycles. The van der Waals surface area contributed by atoms with Gasteiger partial charge in [0.15, 0.2) is 4.96 Å². The van der Waals surface area contributed by atoms with Crippen LogP contribution in [0.1, 0.15) is 38.3 Å². The van der Waals surface area contributed by atoms with Gasteiger partial charge in [0.25, 0.3) is 0 Å². The zero-order valence-corrected chi connectivity index (χ0v) is 10.4. The van der Waals surface area contributed by atoms with Gasteiger partial charge < -0.3 is 5.11 Å². The van der Waals surface area contributed by atoms with Crippen LogP contribution < -0.4 is 0 Å². The third-order valence-electron chi connectivity index (χ3n) is 2.73. The first-order valence-corrected chi connectivity index (χ1v) is 6.76. The molecule has 2 aromatic rings. The molecule has 0 spiro atoms. The third kappa shape index (κ3) is 2.83. The molecule has 0 amide bonds. The van der Waals surface area contributed by atoms with Gasteiger partial charge in [0.05, 0.1) is 11.8 Å². The van der Waals surface area contributed by atoms with Gasteiger partial charge in [-0.05, 0) is 6.42 Å². The molecule has 0 fully saturated rings.